The largest absolute Gasteiger partial charge is 0.507 e. The summed E-state index contributed by atoms with van der Waals surface area (Å²) in [6.45, 7) is 16.9. The third-order valence-corrected chi connectivity index (χ3v) is 9.54. The Labute approximate surface area is 301 Å². The fourth-order valence-electron chi connectivity index (χ4n) is 7.31. The van der Waals surface area contributed by atoms with Crippen molar-refractivity contribution in [3.63, 3.8) is 0 Å². The molecule has 0 fully saturated rings. The van der Waals surface area contributed by atoms with Crippen molar-refractivity contribution in [3.05, 3.63) is 115 Å². The van der Waals surface area contributed by atoms with Gasteiger partial charge in [0.1, 0.15) is 23.0 Å². The number of aryl methyl sites for hydroxylation is 4. The summed E-state index contributed by atoms with van der Waals surface area (Å²) in [7, 11) is 6.06. The first kappa shape index (κ1) is 38.8. The Hall–Kier alpha value is -4.00. The van der Waals surface area contributed by atoms with E-state index in [4.69, 9.17) is 0 Å². The molecule has 0 saturated carbocycles. The van der Waals surface area contributed by atoms with Gasteiger partial charge in [0.05, 0.1) is 0 Å². The van der Waals surface area contributed by atoms with E-state index >= 15 is 0 Å². The summed E-state index contributed by atoms with van der Waals surface area (Å²) in [4.78, 5) is 4.28. The molecule has 0 amide bonds. The summed E-state index contributed by atoms with van der Waals surface area (Å²) < 4.78 is 0. The number of aromatic hydroxyl groups is 4. The van der Waals surface area contributed by atoms with E-state index in [0.29, 0.717) is 60.8 Å². The van der Waals surface area contributed by atoms with Crippen molar-refractivity contribution in [2.45, 2.75) is 93.7 Å². The van der Waals surface area contributed by atoms with Crippen LogP contribution in [0.15, 0.2) is 48.5 Å². The second-order valence-electron chi connectivity index (χ2n) is 15.8. The van der Waals surface area contributed by atoms with Crippen LogP contribution < -0.4 is 0 Å². The molecule has 1 atom stereocenters. The molecule has 6 heteroatoms. The summed E-state index contributed by atoms with van der Waals surface area (Å²) in [5.74, 6) is 2.03. The monoisotopic (exact) mass is 680 g/mol. The van der Waals surface area contributed by atoms with Crippen LogP contribution in [0.5, 0.6) is 23.0 Å². The number of hydrogen-bond acceptors (Lipinski definition) is 6. The fourth-order valence-corrected chi connectivity index (χ4v) is 7.31. The Kier molecular flexibility index (Phi) is 13.0. The van der Waals surface area contributed by atoms with Gasteiger partial charge >= 0.3 is 0 Å². The normalized spacial score (nSPS) is 12.4. The number of phenolic OH excluding ortho intramolecular Hbond substituents is 4. The van der Waals surface area contributed by atoms with Crippen LogP contribution in [-0.2, 0) is 38.8 Å². The number of rotatable bonds is 15. The van der Waals surface area contributed by atoms with Crippen molar-refractivity contribution in [2.24, 2.45) is 11.8 Å². The minimum atomic E-state index is 0.291. The maximum Gasteiger partial charge on any atom is 0.123 e. The van der Waals surface area contributed by atoms with E-state index in [-0.39, 0.29) is 0 Å². The minimum Gasteiger partial charge on any atom is -0.507 e. The zero-order chi connectivity index (χ0) is 36.9. The SMILES string of the molecule is Cc1cc(Cc2cc(C)cc(CC(C)CCN(C)Cc3cc(C)cc(Cc4cc(C)cc(CN(C)C)c4O)c3O)c2O)c(O)c(CC(C)C)c1. The summed E-state index contributed by atoms with van der Waals surface area (Å²) in [6, 6.07) is 16.3. The minimum absolute atomic E-state index is 0.291. The Morgan fingerprint density at radius 3 is 1.22 bits per heavy atom. The Bertz CT molecular complexity index is 1660. The van der Waals surface area contributed by atoms with E-state index in [2.05, 4.69) is 71.7 Å². The molecule has 1 unspecified atom stereocenters. The highest BCUT2D eigenvalue weighted by Gasteiger charge is 2.19. The molecular formula is C44H60N2O4. The van der Waals surface area contributed by atoms with Gasteiger partial charge in [0, 0.05) is 37.1 Å². The van der Waals surface area contributed by atoms with E-state index in [1.807, 2.05) is 56.3 Å². The van der Waals surface area contributed by atoms with Gasteiger partial charge in [-0.05, 0) is 120 Å². The van der Waals surface area contributed by atoms with Gasteiger partial charge in [-0.1, -0.05) is 91.6 Å². The average Bonchev–Trinajstić information content (AvgIpc) is 3.00. The quantitative estimate of drug-likeness (QED) is 0.100. The van der Waals surface area contributed by atoms with Crippen LogP contribution in [0, 0.1) is 39.5 Å². The van der Waals surface area contributed by atoms with Crippen LogP contribution in [0.25, 0.3) is 0 Å². The molecule has 4 N–H and O–H groups in total. The molecule has 50 heavy (non-hydrogen) atoms. The number of benzene rings is 4. The van der Waals surface area contributed by atoms with Crippen molar-refractivity contribution >= 4 is 0 Å². The van der Waals surface area contributed by atoms with Crippen LogP contribution in [0.3, 0.4) is 0 Å². The van der Waals surface area contributed by atoms with Crippen molar-refractivity contribution in [3.8, 4) is 23.0 Å². The first-order chi connectivity index (χ1) is 23.5. The van der Waals surface area contributed by atoms with E-state index in [0.717, 1.165) is 92.6 Å². The lowest BCUT2D eigenvalue weighted by Crippen LogP contribution is -2.21. The van der Waals surface area contributed by atoms with E-state index < -0.39 is 0 Å². The smallest absolute Gasteiger partial charge is 0.123 e. The summed E-state index contributed by atoms with van der Waals surface area (Å²) in [5, 5.41) is 44.9. The number of hydrogen-bond donors (Lipinski definition) is 4. The average molecular weight is 681 g/mol. The molecule has 0 aliphatic carbocycles. The lowest BCUT2D eigenvalue weighted by atomic mass is 9.90. The zero-order valence-corrected chi connectivity index (χ0v) is 32.1. The second-order valence-corrected chi connectivity index (χ2v) is 15.8. The first-order valence-electron chi connectivity index (χ1n) is 18.1. The molecule has 0 saturated heterocycles. The van der Waals surface area contributed by atoms with E-state index in [1.54, 1.807) is 0 Å². The van der Waals surface area contributed by atoms with E-state index in [1.165, 1.54) is 0 Å². The predicted molar refractivity (Wildman–Crippen MR) is 207 cm³/mol. The maximum absolute atomic E-state index is 11.4. The highest BCUT2D eigenvalue weighted by atomic mass is 16.3. The van der Waals surface area contributed by atoms with Gasteiger partial charge in [0.25, 0.3) is 0 Å². The van der Waals surface area contributed by atoms with Crippen LogP contribution in [0.4, 0.5) is 0 Å². The van der Waals surface area contributed by atoms with Crippen LogP contribution in [-0.4, -0.2) is 57.9 Å². The van der Waals surface area contributed by atoms with Crippen LogP contribution in [0.2, 0.25) is 0 Å². The highest BCUT2D eigenvalue weighted by Crippen LogP contribution is 2.35. The van der Waals surface area contributed by atoms with Crippen LogP contribution >= 0.6 is 0 Å². The third kappa shape index (κ3) is 10.3. The fraction of sp³-hybridized carbons (Fsp3) is 0.455. The molecular weight excluding hydrogens is 620 g/mol. The van der Waals surface area contributed by atoms with Gasteiger partial charge in [0.15, 0.2) is 0 Å². The topological polar surface area (TPSA) is 87.4 Å². The molecule has 270 valence electrons. The van der Waals surface area contributed by atoms with Crippen LogP contribution in [0.1, 0.15) is 94.0 Å². The van der Waals surface area contributed by atoms with Crippen molar-refractivity contribution in [1.29, 1.82) is 0 Å². The second kappa shape index (κ2) is 16.8. The molecule has 6 nitrogen and oxygen atoms in total. The molecule has 0 aliphatic rings. The Morgan fingerprint density at radius 1 is 0.480 bits per heavy atom. The van der Waals surface area contributed by atoms with Crippen molar-refractivity contribution < 1.29 is 20.4 Å². The maximum atomic E-state index is 11.4. The summed E-state index contributed by atoms with van der Waals surface area (Å²) in [6.07, 6.45) is 3.45. The molecule has 0 aromatic heterocycles. The Balaban J connectivity index is 1.42. The number of phenols is 4. The molecule has 0 aliphatic heterocycles. The predicted octanol–water partition coefficient (Wildman–Crippen LogP) is 8.89. The molecule has 0 bridgehead atoms. The van der Waals surface area contributed by atoms with Gasteiger partial charge in [0.2, 0.25) is 0 Å². The molecule has 4 rings (SSSR count). The highest BCUT2D eigenvalue weighted by molar-refractivity contribution is 5.52. The van der Waals surface area contributed by atoms with Gasteiger partial charge in [-0.3, -0.25) is 0 Å². The van der Waals surface area contributed by atoms with E-state index in [9.17, 15) is 20.4 Å². The standard InChI is InChI=1S/C44H60N2O4/c1-27(2)13-33-15-29(4)17-35(41(33)47)23-36-18-30(5)16-34(42(36)48)14-28(3)11-12-46(10)26-40-22-32(7)20-38(44(40)50)24-37-19-31(6)21-39(43(37)49)25-45(8)9/h15-22,27-28,47-50H,11-14,23-26H2,1-10H3. The van der Waals surface area contributed by atoms with Crippen molar-refractivity contribution in [2.75, 3.05) is 27.7 Å². The zero-order valence-electron chi connectivity index (χ0n) is 32.1. The van der Waals surface area contributed by atoms with Gasteiger partial charge in [-0.15, -0.1) is 0 Å². The summed E-state index contributed by atoms with van der Waals surface area (Å²) in [5.41, 5.74) is 11.4. The third-order valence-electron chi connectivity index (χ3n) is 9.54. The lowest BCUT2D eigenvalue weighted by Gasteiger charge is -2.22. The van der Waals surface area contributed by atoms with Gasteiger partial charge in [-0.2, -0.15) is 0 Å². The number of nitrogens with zero attached hydrogens (tertiary/aromatic N) is 2. The molecule has 0 heterocycles. The molecule has 4 aromatic rings. The molecule has 0 spiro atoms. The van der Waals surface area contributed by atoms with Crippen molar-refractivity contribution in [1.82, 2.24) is 9.80 Å². The lowest BCUT2D eigenvalue weighted by molar-refractivity contribution is 0.292. The summed E-state index contributed by atoms with van der Waals surface area (Å²) >= 11 is 0. The first-order valence-corrected chi connectivity index (χ1v) is 18.1. The molecule has 4 aromatic carbocycles. The molecule has 0 radical (unpaired) electrons. The van der Waals surface area contributed by atoms with Gasteiger partial charge in [-0.25, -0.2) is 0 Å². The Morgan fingerprint density at radius 2 is 0.820 bits per heavy atom. The van der Waals surface area contributed by atoms with Gasteiger partial charge < -0.3 is 30.2 Å².